The van der Waals surface area contributed by atoms with Crippen molar-refractivity contribution in [3.05, 3.63) is 35.5 Å². The zero-order chi connectivity index (χ0) is 15.4. The van der Waals surface area contributed by atoms with E-state index in [1.807, 2.05) is 23.6 Å². The van der Waals surface area contributed by atoms with Crippen LogP contribution in [-0.2, 0) is 11.2 Å². The Morgan fingerprint density at radius 1 is 1.50 bits per heavy atom. The molecule has 0 bridgehead atoms. The molecule has 5 nitrogen and oxygen atoms in total. The third-order valence-electron chi connectivity index (χ3n) is 3.86. The third-order valence-corrected chi connectivity index (χ3v) is 4.78. The van der Waals surface area contributed by atoms with Crippen molar-refractivity contribution in [2.45, 2.75) is 25.8 Å². The van der Waals surface area contributed by atoms with Crippen molar-refractivity contribution in [1.82, 2.24) is 20.2 Å². The van der Waals surface area contributed by atoms with Crippen LogP contribution in [0.25, 0.3) is 10.7 Å². The van der Waals surface area contributed by atoms with E-state index in [0.717, 1.165) is 42.5 Å². The largest absolute Gasteiger partial charge is 0.352 e. The first-order valence-corrected chi connectivity index (χ1v) is 8.50. The highest BCUT2D eigenvalue weighted by Gasteiger charge is 2.22. The normalized spacial score (nSPS) is 18.5. The highest BCUT2D eigenvalue weighted by molar-refractivity contribution is 7.13. The van der Waals surface area contributed by atoms with Gasteiger partial charge in [-0.05, 0) is 25.1 Å². The van der Waals surface area contributed by atoms with E-state index in [9.17, 15) is 4.79 Å². The average Bonchev–Trinajstić information content (AvgIpc) is 3.17. The molecule has 1 aliphatic rings. The number of aromatic nitrogens is 2. The van der Waals surface area contributed by atoms with Crippen LogP contribution in [0, 0.1) is 0 Å². The van der Waals surface area contributed by atoms with Crippen LogP contribution in [-0.4, -0.2) is 46.5 Å². The molecule has 1 atom stereocenters. The molecule has 2 aromatic heterocycles. The predicted octanol–water partition coefficient (Wildman–Crippen LogP) is 1.96. The summed E-state index contributed by atoms with van der Waals surface area (Å²) in [5, 5.41) is 5.91. The fraction of sp³-hybridized carbons (Fsp3) is 0.438. The average molecular weight is 316 g/mol. The fourth-order valence-electron chi connectivity index (χ4n) is 2.68. The van der Waals surface area contributed by atoms with E-state index in [4.69, 9.17) is 0 Å². The van der Waals surface area contributed by atoms with Gasteiger partial charge in [-0.3, -0.25) is 9.78 Å². The summed E-state index contributed by atoms with van der Waals surface area (Å²) >= 11 is 1.53. The highest BCUT2D eigenvalue weighted by Crippen LogP contribution is 2.21. The summed E-state index contributed by atoms with van der Waals surface area (Å²) in [5.41, 5.74) is 1.67. The Kier molecular flexibility index (Phi) is 4.80. The molecular weight excluding hydrogens is 296 g/mol. The summed E-state index contributed by atoms with van der Waals surface area (Å²) in [7, 11) is 0. The molecule has 2 aromatic rings. The van der Waals surface area contributed by atoms with Gasteiger partial charge < -0.3 is 10.2 Å². The minimum atomic E-state index is 0.0563. The molecule has 3 heterocycles. The number of pyridine rings is 1. The quantitative estimate of drug-likeness (QED) is 0.916. The van der Waals surface area contributed by atoms with Gasteiger partial charge in [0, 0.05) is 30.7 Å². The monoisotopic (exact) mass is 316 g/mol. The molecular formula is C16H20N4OS. The number of rotatable bonds is 5. The number of likely N-dealkylation sites (N-methyl/N-ethyl adjacent to an activating group) is 1. The van der Waals surface area contributed by atoms with Crippen LogP contribution >= 0.6 is 11.3 Å². The lowest BCUT2D eigenvalue weighted by Gasteiger charge is -2.14. The molecule has 1 saturated heterocycles. The minimum Gasteiger partial charge on any atom is -0.352 e. The minimum absolute atomic E-state index is 0.0563. The molecule has 0 saturated carbocycles. The number of nitrogens with one attached hydrogen (secondary N) is 1. The van der Waals surface area contributed by atoms with E-state index < -0.39 is 0 Å². The van der Waals surface area contributed by atoms with E-state index >= 15 is 0 Å². The number of hydrogen-bond donors (Lipinski definition) is 1. The molecule has 22 heavy (non-hydrogen) atoms. The first-order valence-electron chi connectivity index (χ1n) is 7.62. The summed E-state index contributed by atoms with van der Waals surface area (Å²) in [4.78, 5) is 23.3. The fourth-order valence-corrected chi connectivity index (χ4v) is 3.47. The lowest BCUT2D eigenvalue weighted by atomic mass is 10.2. The Morgan fingerprint density at radius 3 is 3.14 bits per heavy atom. The molecule has 1 aliphatic heterocycles. The second-order valence-corrected chi connectivity index (χ2v) is 6.34. The number of carbonyl (C=O) groups is 1. The summed E-state index contributed by atoms with van der Waals surface area (Å²) in [5.74, 6) is 0.0563. The van der Waals surface area contributed by atoms with Gasteiger partial charge in [-0.15, -0.1) is 11.3 Å². The lowest BCUT2D eigenvalue weighted by molar-refractivity contribution is -0.121. The molecule has 0 spiro atoms. The van der Waals surface area contributed by atoms with E-state index in [-0.39, 0.29) is 11.9 Å². The van der Waals surface area contributed by atoms with Gasteiger partial charge in [-0.2, -0.15) is 0 Å². The van der Waals surface area contributed by atoms with E-state index in [0.29, 0.717) is 6.42 Å². The van der Waals surface area contributed by atoms with Gasteiger partial charge in [0.1, 0.15) is 5.01 Å². The first-order chi connectivity index (χ1) is 10.7. The second kappa shape index (κ2) is 6.98. The molecule has 3 rings (SSSR count). The summed E-state index contributed by atoms with van der Waals surface area (Å²) in [6, 6.07) is 6.03. The number of thiazole rings is 1. The van der Waals surface area contributed by atoms with Crippen LogP contribution in [0.4, 0.5) is 0 Å². The van der Waals surface area contributed by atoms with Crippen LogP contribution in [0.1, 0.15) is 19.0 Å². The topological polar surface area (TPSA) is 58.1 Å². The van der Waals surface area contributed by atoms with Crippen molar-refractivity contribution >= 4 is 17.2 Å². The number of amides is 1. The Morgan fingerprint density at radius 2 is 2.41 bits per heavy atom. The van der Waals surface area contributed by atoms with Gasteiger partial charge in [0.25, 0.3) is 0 Å². The van der Waals surface area contributed by atoms with E-state index in [1.165, 1.54) is 11.3 Å². The third kappa shape index (κ3) is 3.69. The summed E-state index contributed by atoms with van der Waals surface area (Å²) < 4.78 is 0. The van der Waals surface area contributed by atoms with Crippen molar-refractivity contribution < 1.29 is 4.79 Å². The van der Waals surface area contributed by atoms with Gasteiger partial charge in [0.2, 0.25) is 5.91 Å². The predicted molar refractivity (Wildman–Crippen MR) is 87.7 cm³/mol. The maximum atomic E-state index is 12.1. The molecule has 1 unspecified atom stereocenters. The molecule has 0 radical (unpaired) electrons. The van der Waals surface area contributed by atoms with Gasteiger partial charge in [0.05, 0.1) is 17.8 Å². The van der Waals surface area contributed by atoms with Crippen molar-refractivity contribution in [1.29, 1.82) is 0 Å². The molecule has 0 aliphatic carbocycles. The maximum absolute atomic E-state index is 12.1. The Hall–Kier alpha value is -1.79. The van der Waals surface area contributed by atoms with Crippen molar-refractivity contribution in [3.63, 3.8) is 0 Å². The highest BCUT2D eigenvalue weighted by atomic mass is 32.1. The number of likely N-dealkylation sites (tertiary alicyclic amines) is 1. The molecule has 1 fully saturated rings. The number of nitrogens with zero attached hydrogens (tertiary/aromatic N) is 3. The van der Waals surface area contributed by atoms with Crippen molar-refractivity contribution in [2.24, 2.45) is 0 Å². The second-order valence-electron chi connectivity index (χ2n) is 5.48. The van der Waals surface area contributed by atoms with Crippen molar-refractivity contribution in [2.75, 3.05) is 19.6 Å². The SMILES string of the molecule is CCN1CCC(NC(=O)Cc2csc(-c3ccccn3)n2)C1. The zero-order valence-corrected chi connectivity index (χ0v) is 13.5. The van der Waals surface area contributed by atoms with Crippen molar-refractivity contribution in [3.8, 4) is 10.7 Å². The van der Waals surface area contributed by atoms with Gasteiger partial charge in [-0.1, -0.05) is 13.0 Å². The Balaban J connectivity index is 1.55. The standard InChI is InChI=1S/C16H20N4OS/c1-2-20-8-6-12(10-20)18-15(21)9-13-11-22-16(19-13)14-5-3-4-7-17-14/h3-5,7,11-12H,2,6,8-10H2,1H3,(H,18,21). The smallest absolute Gasteiger partial charge is 0.226 e. The molecule has 1 N–H and O–H groups in total. The number of hydrogen-bond acceptors (Lipinski definition) is 5. The van der Waals surface area contributed by atoms with Gasteiger partial charge in [-0.25, -0.2) is 4.98 Å². The van der Waals surface area contributed by atoms with Gasteiger partial charge in [0.15, 0.2) is 0 Å². The molecule has 6 heteroatoms. The summed E-state index contributed by atoms with van der Waals surface area (Å²) in [6.45, 7) is 5.23. The van der Waals surface area contributed by atoms with Gasteiger partial charge >= 0.3 is 0 Å². The maximum Gasteiger partial charge on any atom is 0.226 e. The van der Waals surface area contributed by atoms with Crippen LogP contribution < -0.4 is 5.32 Å². The first kappa shape index (κ1) is 15.1. The Bertz CT molecular complexity index is 628. The molecule has 1 amide bonds. The van der Waals surface area contributed by atoms with Crippen LogP contribution in [0.15, 0.2) is 29.8 Å². The zero-order valence-electron chi connectivity index (χ0n) is 12.7. The van der Waals surface area contributed by atoms with E-state index in [1.54, 1.807) is 6.20 Å². The Labute approximate surface area is 134 Å². The van der Waals surface area contributed by atoms with E-state index in [2.05, 4.69) is 27.1 Å². The van der Waals surface area contributed by atoms with Crippen LogP contribution in [0.5, 0.6) is 0 Å². The molecule has 0 aromatic carbocycles. The molecule has 116 valence electrons. The van der Waals surface area contributed by atoms with Crippen LogP contribution in [0.2, 0.25) is 0 Å². The number of carbonyl (C=O) groups excluding carboxylic acids is 1. The van der Waals surface area contributed by atoms with Crippen LogP contribution in [0.3, 0.4) is 0 Å². The summed E-state index contributed by atoms with van der Waals surface area (Å²) in [6.07, 6.45) is 3.13. The lowest BCUT2D eigenvalue weighted by Crippen LogP contribution is -2.37.